The molecule has 6 nitrogen and oxygen atoms in total. The number of anilines is 2. The van der Waals surface area contributed by atoms with Crippen LogP contribution in [0.3, 0.4) is 0 Å². The Morgan fingerprint density at radius 3 is 2.75 bits per heavy atom. The lowest BCUT2D eigenvalue weighted by Crippen LogP contribution is -2.30. The summed E-state index contributed by atoms with van der Waals surface area (Å²) in [4.78, 5) is 29.1. The molecule has 0 fully saturated rings. The summed E-state index contributed by atoms with van der Waals surface area (Å²) in [6.45, 7) is 1.54. The Morgan fingerprint density at radius 1 is 1.11 bits per heavy atom. The lowest BCUT2D eigenvalue weighted by molar-refractivity contribution is -0.123. The third-order valence-electron chi connectivity index (χ3n) is 4.34. The summed E-state index contributed by atoms with van der Waals surface area (Å²) in [6.07, 6.45) is -0.950. The molecule has 0 aliphatic carbocycles. The molecule has 140 valence electrons. The van der Waals surface area contributed by atoms with Crippen LogP contribution in [-0.4, -0.2) is 23.0 Å². The number of aromatic nitrogens is 1. The van der Waals surface area contributed by atoms with E-state index >= 15 is 0 Å². The van der Waals surface area contributed by atoms with Gasteiger partial charge in [-0.2, -0.15) is 0 Å². The predicted octanol–water partition coefficient (Wildman–Crippen LogP) is 4.22. The topological polar surface area (TPSA) is 94.3 Å². The quantitative estimate of drug-likeness (QED) is 0.508. The molecule has 0 radical (unpaired) electrons. The van der Waals surface area contributed by atoms with Gasteiger partial charge < -0.3 is 15.8 Å². The molecule has 3 aromatic carbocycles. The lowest BCUT2D eigenvalue weighted by atomic mass is 10.1. The van der Waals surface area contributed by atoms with Crippen molar-refractivity contribution in [1.29, 1.82) is 0 Å². The number of thiazole rings is 1. The fourth-order valence-electron chi connectivity index (χ4n) is 2.92. The predicted molar refractivity (Wildman–Crippen MR) is 111 cm³/mol. The second-order valence-corrected chi connectivity index (χ2v) is 7.36. The number of carbonyl (C=O) groups excluding carboxylic acids is 2. The standard InChI is InChI=1S/C21H17N3O3S/c1-12(19(25)23-16-8-4-6-13-5-2-3-7-15(13)16)27-20(26)14-9-10-17-18(11-14)28-21(22)24-17/h2-12H,1H3,(H2,22,24)(H,23,25). The molecule has 0 aliphatic rings. The van der Waals surface area contributed by atoms with Gasteiger partial charge in [-0.15, -0.1) is 0 Å². The number of nitrogens with zero attached hydrogens (tertiary/aromatic N) is 1. The van der Waals surface area contributed by atoms with Crippen LogP contribution in [-0.2, 0) is 9.53 Å². The number of rotatable bonds is 4. The number of nitrogens with one attached hydrogen (secondary N) is 1. The molecule has 1 heterocycles. The minimum atomic E-state index is -0.950. The summed E-state index contributed by atoms with van der Waals surface area (Å²) in [5.74, 6) is -0.970. The molecule has 0 spiro atoms. The fraction of sp³-hybridized carbons (Fsp3) is 0.0952. The van der Waals surface area contributed by atoms with Gasteiger partial charge in [0.1, 0.15) is 0 Å². The first-order chi connectivity index (χ1) is 13.5. The zero-order valence-corrected chi connectivity index (χ0v) is 15.8. The number of nitrogens with two attached hydrogens (primary N) is 1. The van der Waals surface area contributed by atoms with E-state index in [4.69, 9.17) is 10.5 Å². The highest BCUT2D eigenvalue weighted by Gasteiger charge is 2.20. The van der Waals surface area contributed by atoms with Crippen LogP contribution in [0.25, 0.3) is 21.0 Å². The van der Waals surface area contributed by atoms with Crippen molar-refractivity contribution in [2.75, 3.05) is 11.1 Å². The van der Waals surface area contributed by atoms with E-state index in [-0.39, 0.29) is 0 Å². The molecule has 4 aromatic rings. The Bertz CT molecular complexity index is 1200. The van der Waals surface area contributed by atoms with Crippen LogP contribution in [0.2, 0.25) is 0 Å². The molecule has 0 saturated carbocycles. The van der Waals surface area contributed by atoms with Crippen LogP contribution >= 0.6 is 11.3 Å². The normalized spacial score (nSPS) is 12.0. The molecule has 28 heavy (non-hydrogen) atoms. The SMILES string of the molecule is CC(OC(=O)c1ccc2nc(N)sc2c1)C(=O)Nc1cccc2ccccc12. The van der Waals surface area contributed by atoms with E-state index in [1.54, 1.807) is 25.1 Å². The Morgan fingerprint density at radius 2 is 1.89 bits per heavy atom. The van der Waals surface area contributed by atoms with Gasteiger partial charge in [0, 0.05) is 11.1 Å². The molecule has 3 N–H and O–H groups in total. The van der Waals surface area contributed by atoms with E-state index in [0.717, 1.165) is 21.0 Å². The van der Waals surface area contributed by atoms with Crippen molar-refractivity contribution in [3.8, 4) is 0 Å². The summed E-state index contributed by atoms with van der Waals surface area (Å²) >= 11 is 1.29. The van der Waals surface area contributed by atoms with Crippen molar-refractivity contribution in [1.82, 2.24) is 4.98 Å². The Hall–Kier alpha value is -3.45. The van der Waals surface area contributed by atoms with Gasteiger partial charge in [0.05, 0.1) is 15.8 Å². The van der Waals surface area contributed by atoms with Crippen LogP contribution in [0.15, 0.2) is 60.7 Å². The van der Waals surface area contributed by atoms with Crippen LogP contribution in [0, 0.1) is 0 Å². The highest BCUT2D eigenvalue weighted by Crippen LogP contribution is 2.25. The summed E-state index contributed by atoms with van der Waals surface area (Å²) in [6, 6.07) is 18.4. The first-order valence-corrected chi connectivity index (χ1v) is 9.48. The average molecular weight is 391 g/mol. The van der Waals surface area contributed by atoms with Crippen molar-refractivity contribution in [2.24, 2.45) is 0 Å². The summed E-state index contributed by atoms with van der Waals surface area (Å²) in [5, 5.41) is 5.20. The van der Waals surface area contributed by atoms with Gasteiger partial charge in [-0.1, -0.05) is 47.7 Å². The van der Waals surface area contributed by atoms with Gasteiger partial charge in [-0.05, 0) is 36.6 Å². The summed E-state index contributed by atoms with van der Waals surface area (Å²) < 4.78 is 6.13. The Balaban J connectivity index is 1.48. The third kappa shape index (κ3) is 3.52. The Kier molecular flexibility index (Phi) is 4.67. The number of hydrogen-bond acceptors (Lipinski definition) is 6. The third-order valence-corrected chi connectivity index (χ3v) is 5.19. The number of nitrogen functional groups attached to an aromatic ring is 1. The minimum Gasteiger partial charge on any atom is -0.449 e. The van der Waals surface area contributed by atoms with Gasteiger partial charge in [0.2, 0.25) is 0 Å². The number of esters is 1. The highest BCUT2D eigenvalue weighted by molar-refractivity contribution is 7.22. The Labute approximate surface area is 164 Å². The molecule has 0 bridgehead atoms. The van der Waals surface area contributed by atoms with Gasteiger partial charge in [0.25, 0.3) is 5.91 Å². The highest BCUT2D eigenvalue weighted by atomic mass is 32.1. The van der Waals surface area contributed by atoms with E-state index in [1.807, 2.05) is 42.5 Å². The van der Waals surface area contributed by atoms with E-state index in [1.165, 1.54) is 11.3 Å². The van der Waals surface area contributed by atoms with Crippen molar-refractivity contribution in [2.45, 2.75) is 13.0 Å². The number of amides is 1. The van der Waals surface area contributed by atoms with E-state index in [2.05, 4.69) is 10.3 Å². The van der Waals surface area contributed by atoms with Crippen molar-refractivity contribution in [3.05, 3.63) is 66.2 Å². The molecular formula is C21H17N3O3S. The minimum absolute atomic E-state index is 0.348. The summed E-state index contributed by atoms with van der Waals surface area (Å²) in [7, 11) is 0. The van der Waals surface area contributed by atoms with Crippen molar-refractivity contribution in [3.63, 3.8) is 0 Å². The molecule has 4 rings (SSSR count). The lowest BCUT2D eigenvalue weighted by Gasteiger charge is -2.15. The van der Waals surface area contributed by atoms with Gasteiger partial charge in [0.15, 0.2) is 11.2 Å². The molecule has 1 atom stereocenters. The number of hydrogen-bond donors (Lipinski definition) is 2. The maximum Gasteiger partial charge on any atom is 0.338 e. The zero-order valence-electron chi connectivity index (χ0n) is 15.0. The first kappa shape index (κ1) is 17.9. The second kappa shape index (κ2) is 7.28. The summed E-state index contributed by atoms with van der Waals surface area (Å²) in [5.41, 5.74) is 7.43. The fourth-order valence-corrected chi connectivity index (χ4v) is 3.69. The first-order valence-electron chi connectivity index (χ1n) is 8.67. The van der Waals surface area contributed by atoms with E-state index in [0.29, 0.717) is 16.4 Å². The molecule has 1 amide bonds. The monoisotopic (exact) mass is 391 g/mol. The van der Waals surface area contributed by atoms with Crippen LogP contribution in [0.5, 0.6) is 0 Å². The number of ether oxygens (including phenoxy) is 1. The molecule has 7 heteroatoms. The van der Waals surface area contributed by atoms with E-state index < -0.39 is 18.0 Å². The van der Waals surface area contributed by atoms with Crippen LogP contribution < -0.4 is 11.1 Å². The molecule has 1 unspecified atom stereocenters. The second-order valence-electron chi connectivity index (χ2n) is 6.30. The van der Waals surface area contributed by atoms with Crippen molar-refractivity contribution < 1.29 is 14.3 Å². The van der Waals surface area contributed by atoms with Gasteiger partial charge in [-0.25, -0.2) is 9.78 Å². The molecule has 0 aliphatic heterocycles. The number of carbonyl (C=O) groups is 2. The number of benzene rings is 3. The van der Waals surface area contributed by atoms with Crippen molar-refractivity contribution >= 4 is 55.0 Å². The largest absolute Gasteiger partial charge is 0.449 e. The molecule has 1 aromatic heterocycles. The van der Waals surface area contributed by atoms with Gasteiger partial charge >= 0.3 is 5.97 Å². The van der Waals surface area contributed by atoms with Gasteiger partial charge in [-0.3, -0.25) is 4.79 Å². The zero-order chi connectivity index (χ0) is 19.7. The maximum atomic E-state index is 12.5. The maximum absolute atomic E-state index is 12.5. The van der Waals surface area contributed by atoms with Crippen LogP contribution in [0.4, 0.5) is 10.8 Å². The van der Waals surface area contributed by atoms with E-state index in [9.17, 15) is 9.59 Å². The average Bonchev–Trinajstić information content (AvgIpc) is 3.07. The number of fused-ring (bicyclic) bond motifs is 2. The molecule has 0 saturated heterocycles. The molecular weight excluding hydrogens is 374 g/mol. The smallest absolute Gasteiger partial charge is 0.338 e. The van der Waals surface area contributed by atoms with Crippen LogP contribution in [0.1, 0.15) is 17.3 Å².